The molecule has 0 aliphatic rings. The second-order valence-corrected chi connectivity index (χ2v) is 7.18. The summed E-state index contributed by atoms with van der Waals surface area (Å²) in [5, 5.41) is 0.569. The van der Waals surface area contributed by atoms with Crippen LogP contribution in [0.1, 0.15) is 44.6 Å². The van der Waals surface area contributed by atoms with Gasteiger partial charge in [-0.2, -0.15) is 11.8 Å². The van der Waals surface area contributed by atoms with Gasteiger partial charge in [0.05, 0.1) is 6.33 Å². The quantitative estimate of drug-likeness (QED) is 0.495. The molecular formula is C20H28N2S. The Labute approximate surface area is 145 Å². The number of unbranched alkanes of at least 4 members (excludes halogenated alkanes) is 3. The minimum atomic E-state index is 0.569. The van der Waals surface area contributed by atoms with Gasteiger partial charge < -0.3 is 4.57 Å². The lowest BCUT2D eigenvalue weighted by molar-refractivity contribution is 0.655. The Balaban J connectivity index is 1.83. The number of hydrogen-bond acceptors (Lipinski definition) is 2. The summed E-state index contributed by atoms with van der Waals surface area (Å²) in [6.45, 7) is 3.30. The Kier molecular flexibility index (Phi) is 8.64. The van der Waals surface area contributed by atoms with Crippen LogP contribution >= 0.6 is 11.8 Å². The predicted molar refractivity (Wildman–Crippen MR) is 103 cm³/mol. The van der Waals surface area contributed by atoms with Crippen molar-refractivity contribution in [2.24, 2.45) is 0 Å². The van der Waals surface area contributed by atoms with Crippen LogP contribution in [0.2, 0.25) is 0 Å². The Bertz CT molecular complexity index is 534. The van der Waals surface area contributed by atoms with Crippen molar-refractivity contribution in [3.63, 3.8) is 0 Å². The van der Waals surface area contributed by atoms with Crippen LogP contribution in [0.15, 0.2) is 55.1 Å². The minimum absolute atomic E-state index is 0.569. The standard InChI is InChI=1S/C20H28N2S/c1-2-3-4-8-17-23-20(13-15-22-16-14-21-18-22)12-11-19-9-6-5-7-10-19/h5-7,9-12,14,16,18,20H,2-4,8,13,15,17H2,1H3/b12-11+. The van der Waals surface area contributed by atoms with Gasteiger partial charge in [-0.1, -0.05) is 68.7 Å². The third-order valence-electron chi connectivity index (χ3n) is 3.86. The molecule has 0 saturated heterocycles. The molecular weight excluding hydrogens is 300 g/mol. The zero-order chi connectivity index (χ0) is 16.2. The number of thioether (sulfide) groups is 1. The Morgan fingerprint density at radius 2 is 2.04 bits per heavy atom. The predicted octanol–water partition coefficient (Wildman–Crippen LogP) is 5.67. The molecule has 0 radical (unpaired) electrons. The van der Waals surface area contributed by atoms with Crippen molar-refractivity contribution in [3.8, 4) is 0 Å². The molecule has 2 rings (SSSR count). The highest BCUT2D eigenvalue weighted by Crippen LogP contribution is 2.20. The maximum Gasteiger partial charge on any atom is 0.0945 e. The minimum Gasteiger partial charge on any atom is -0.337 e. The fourth-order valence-corrected chi connectivity index (χ4v) is 3.61. The van der Waals surface area contributed by atoms with E-state index < -0.39 is 0 Å². The largest absolute Gasteiger partial charge is 0.337 e. The topological polar surface area (TPSA) is 17.8 Å². The molecule has 0 saturated carbocycles. The maximum atomic E-state index is 4.13. The van der Waals surface area contributed by atoms with Gasteiger partial charge in [0.2, 0.25) is 0 Å². The third kappa shape index (κ3) is 7.56. The fourth-order valence-electron chi connectivity index (χ4n) is 2.48. The summed E-state index contributed by atoms with van der Waals surface area (Å²) >= 11 is 2.09. The second-order valence-electron chi connectivity index (χ2n) is 5.83. The van der Waals surface area contributed by atoms with Crippen molar-refractivity contribution in [2.45, 2.75) is 50.8 Å². The van der Waals surface area contributed by atoms with Crippen LogP contribution in [0.4, 0.5) is 0 Å². The van der Waals surface area contributed by atoms with E-state index in [0.717, 1.165) is 13.0 Å². The molecule has 124 valence electrons. The molecule has 0 aliphatic carbocycles. The van der Waals surface area contributed by atoms with Crippen molar-refractivity contribution in [1.29, 1.82) is 0 Å². The van der Waals surface area contributed by atoms with Crippen molar-refractivity contribution >= 4 is 17.8 Å². The van der Waals surface area contributed by atoms with Gasteiger partial charge in [0, 0.05) is 24.2 Å². The van der Waals surface area contributed by atoms with Crippen LogP contribution < -0.4 is 0 Å². The lowest BCUT2D eigenvalue weighted by Crippen LogP contribution is -2.06. The molecule has 1 atom stereocenters. The van der Waals surface area contributed by atoms with E-state index in [2.05, 4.69) is 70.7 Å². The molecule has 1 aromatic heterocycles. The molecule has 0 N–H and O–H groups in total. The molecule has 0 aliphatic heterocycles. The average Bonchev–Trinajstić information content (AvgIpc) is 3.11. The van der Waals surface area contributed by atoms with Crippen LogP contribution in [-0.4, -0.2) is 20.6 Å². The summed E-state index contributed by atoms with van der Waals surface area (Å²) in [6, 6.07) is 10.6. The van der Waals surface area contributed by atoms with Gasteiger partial charge in [0.1, 0.15) is 0 Å². The molecule has 0 amide bonds. The van der Waals surface area contributed by atoms with Crippen molar-refractivity contribution in [2.75, 3.05) is 5.75 Å². The first kappa shape index (κ1) is 17.9. The molecule has 1 heterocycles. The van der Waals surface area contributed by atoms with Gasteiger partial charge in [-0.3, -0.25) is 0 Å². The van der Waals surface area contributed by atoms with E-state index in [1.165, 1.54) is 37.0 Å². The molecule has 0 spiro atoms. The number of nitrogens with zero attached hydrogens (tertiary/aromatic N) is 2. The van der Waals surface area contributed by atoms with Crippen LogP contribution in [0.3, 0.4) is 0 Å². The van der Waals surface area contributed by atoms with E-state index in [-0.39, 0.29) is 0 Å². The maximum absolute atomic E-state index is 4.13. The molecule has 3 heteroatoms. The smallest absolute Gasteiger partial charge is 0.0945 e. The van der Waals surface area contributed by atoms with E-state index >= 15 is 0 Å². The van der Waals surface area contributed by atoms with E-state index in [9.17, 15) is 0 Å². The van der Waals surface area contributed by atoms with Gasteiger partial charge in [0.15, 0.2) is 0 Å². The first-order valence-corrected chi connectivity index (χ1v) is 9.74. The number of aromatic nitrogens is 2. The third-order valence-corrected chi connectivity index (χ3v) is 5.21. The molecule has 0 bridgehead atoms. The summed E-state index contributed by atoms with van der Waals surface area (Å²) in [4.78, 5) is 4.13. The van der Waals surface area contributed by atoms with Gasteiger partial charge in [0.25, 0.3) is 0 Å². The second kappa shape index (κ2) is 11.1. The van der Waals surface area contributed by atoms with E-state index in [1.54, 1.807) is 0 Å². The number of aryl methyl sites for hydroxylation is 1. The normalized spacial score (nSPS) is 12.7. The summed E-state index contributed by atoms with van der Waals surface area (Å²) in [7, 11) is 0. The van der Waals surface area contributed by atoms with Gasteiger partial charge in [-0.25, -0.2) is 4.98 Å². The van der Waals surface area contributed by atoms with Gasteiger partial charge in [-0.15, -0.1) is 0 Å². The highest BCUT2D eigenvalue weighted by atomic mass is 32.2. The Morgan fingerprint density at radius 1 is 1.17 bits per heavy atom. The highest BCUT2D eigenvalue weighted by Gasteiger charge is 2.06. The molecule has 1 unspecified atom stereocenters. The van der Waals surface area contributed by atoms with E-state index in [0.29, 0.717) is 5.25 Å². The average molecular weight is 329 g/mol. The number of rotatable bonds is 11. The molecule has 2 aromatic rings. The monoisotopic (exact) mass is 328 g/mol. The summed E-state index contributed by atoms with van der Waals surface area (Å²) < 4.78 is 2.17. The molecule has 23 heavy (non-hydrogen) atoms. The first-order valence-electron chi connectivity index (χ1n) is 8.69. The zero-order valence-corrected chi connectivity index (χ0v) is 14.9. The Morgan fingerprint density at radius 3 is 2.78 bits per heavy atom. The lowest BCUT2D eigenvalue weighted by atomic mass is 10.2. The first-order chi connectivity index (χ1) is 11.4. The fraction of sp³-hybridized carbons (Fsp3) is 0.450. The number of hydrogen-bond donors (Lipinski definition) is 0. The van der Waals surface area contributed by atoms with E-state index in [1.807, 2.05) is 18.7 Å². The van der Waals surface area contributed by atoms with Gasteiger partial charge >= 0.3 is 0 Å². The molecule has 1 aromatic carbocycles. The van der Waals surface area contributed by atoms with Crippen LogP contribution in [-0.2, 0) is 6.54 Å². The van der Waals surface area contributed by atoms with E-state index in [4.69, 9.17) is 0 Å². The number of benzene rings is 1. The van der Waals surface area contributed by atoms with Crippen molar-refractivity contribution in [3.05, 3.63) is 60.7 Å². The summed E-state index contributed by atoms with van der Waals surface area (Å²) in [5.41, 5.74) is 1.28. The number of imidazole rings is 1. The molecule has 0 fully saturated rings. The van der Waals surface area contributed by atoms with Crippen LogP contribution in [0.5, 0.6) is 0 Å². The lowest BCUT2D eigenvalue weighted by Gasteiger charge is -2.13. The summed E-state index contributed by atoms with van der Waals surface area (Å²) in [5.74, 6) is 1.26. The van der Waals surface area contributed by atoms with Crippen molar-refractivity contribution in [1.82, 2.24) is 9.55 Å². The summed E-state index contributed by atoms with van der Waals surface area (Å²) in [6.07, 6.45) is 17.0. The highest BCUT2D eigenvalue weighted by molar-refractivity contribution is 8.00. The SMILES string of the molecule is CCCCCCSC(/C=C/c1ccccc1)CCn1ccnc1. The van der Waals surface area contributed by atoms with Crippen LogP contribution in [0, 0.1) is 0 Å². The zero-order valence-electron chi connectivity index (χ0n) is 14.1. The Hall–Kier alpha value is -1.48. The van der Waals surface area contributed by atoms with Crippen molar-refractivity contribution < 1.29 is 0 Å². The van der Waals surface area contributed by atoms with Crippen LogP contribution in [0.25, 0.3) is 6.08 Å². The molecule has 2 nitrogen and oxygen atoms in total. The van der Waals surface area contributed by atoms with Gasteiger partial charge in [-0.05, 0) is 24.2 Å².